The first-order chi connectivity index (χ1) is 7.74. The van der Waals surface area contributed by atoms with Crippen molar-refractivity contribution in [1.82, 2.24) is 10.6 Å². The topological polar surface area (TPSA) is 70.6 Å². The van der Waals surface area contributed by atoms with Gasteiger partial charge in [-0.15, -0.1) is 24.0 Å². The van der Waals surface area contributed by atoms with E-state index in [2.05, 4.69) is 22.5 Å². The number of unbranched alkanes of at least 4 members (excludes halogenated alkanes) is 1. The van der Waals surface area contributed by atoms with Crippen LogP contribution in [-0.2, 0) is 9.84 Å². The Morgan fingerprint density at radius 3 is 2.22 bits per heavy atom. The minimum Gasteiger partial charge on any atom is -0.356 e. The number of sulfone groups is 1. The first kappa shape index (κ1) is 20.3. The monoisotopic (exact) mass is 391 g/mol. The number of nitrogens with one attached hydrogen (secondary N) is 2. The van der Waals surface area contributed by atoms with Crippen LogP contribution in [0.5, 0.6) is 0 Å². The quantitative estimate of drug-likeness (QED) is 0.311. The second-order valence-corrected chi connectivity index (χ2v) is 7.39. The van der Waals surface area contributed by atoms with Crippen molar-refractivity contribution >= 4 is 39.8 Å². The van der Waals surface area contributed by atoms with Crippen LogP contribution < -0.4 is 10.6 Å². The molecule has 0 unspecified atom stereocenters. The van der Waals surface area contributed by atoms with Crippen molar-refractivity contribution < 1.29 is 8.42 Å². The maximum Gasteiger partial charge on any atom is 0.191 e. The van der Waals surface area contributed by atoms with Gasteiger partial charge < -0.3 is 10.6 Å². The zero-order chi connectivity index (χ0) is 13.5. The van der Waals surface area contributed by atoms with E-state index >= 15 is 0 Å². The molecule has 0 radical (unpaired) electrons. The average molecular weight is 391 g/mol. The Hall–Kier alpha value is -0.0500. The molecule has 0 saturated heterocycles. The molecule has 110 valence electrons. The minimum absolute atomic E-state index is 0. The fourth-order valence-electron chi connectivity index (χ4n) is 1.03. The number of rotatable bonds is 6. The highest BCUT2D eigenvalue weighted by atomic mass is 127. The van der Waals surface area contributed by atoms with Crippen molar-refractivity contribution in [2.75, 3.05) is 26.4 Å². The van der Waals surface area contributed by atoms with Gasteiger partial charge in [-0.25, -0.2) is 8.42 Å². The van der Waals surface area contributed by atoms with Gasteiger partial charge in [0.15, 0.2) is 15.8 Å². The molecular weight excluding hydrogens is 365 g/mol. The summed E-state index contributed by atoms with van der Waals surface area (Å²) in [4.78, 5) is 4.04. The first-order valence-corrected chi connectivity index (χ1v) is 7.78. The molecule has 0 aromatic carbocycles. The lowest BCUT2D eigenvalue weighted by Gasteiger charge is -2.24. The molecule has 7 heteroatoms. The molecule has 0 rings (SSSR count). The van der Waals surface area contributed by atoms with Crippen LogP contribution in [0.4, 0.5) is 0 Å². The molecule has 0 atom stereocenters. The maximum atomic E-state index is 11.5. The van der Waals surface area contributed by atoms with Gasteiger partial charge in [0.1, 0.15) is 0 Å². The Balaban J connectivity index is 0. The van der Waals surface area contributed by atoms with E-state index in [0.29, 0.717) is 12.5 Å². The summed E-state index contributed by atoms with van der Waals surface area (Å²) >= 11 is 0. The van der Waals surface area contributed by atoms with Crippen LogP contribution in [0.15, 0.2) is 4.99 Å². The first-order valence-electron chi connectivity index (χ1n) is 5.88. The zero-order valence-corrected chi connectivity index (χ0v) is 15.1. The van der Waals surface area contributed by atoms with Crippen molar-refractivity contribution in [1.29, 1.82) is 0 Å². The smallest absolute Gasteiger partial charge is 0.191 e. The molecule has 18 heavy (non-hydrogen) atoms. The normalized spacial score (nSPS) is 12.8. The van der Waals surface area contributed by atoms with E-state index in [4.69, 9.17) is 0 Å². The van der Waals surface area contributed by atoms with E-state index in [1.807, 2.05) is 0 Å². The van der Waals surface area contributed by atoms with Crippen LogP contribution in [0.1, 0.15) is 33.6 Å². The van der Waals surface area contributed by atoms with E-state index in [0.717, 1.165) is 19.4 Å². The summed E-state index contributed by atoms with van der Waals surface area (Å²) in [5.41, 5.74) is 0. The van der Waals surface area contributed by atoms with Crippen molar-refractivity contribution in [2.45, 2.75) is 38.4 Å². The molecule has 0 saturated carbocycles. The highest BCUT2D eigenvalue weighted by Crippen LogP contribution is 2.13. The summed E-state index contributed by atoms with van der Waals surface area (Å²) < 4.78 is 22.2. The van der Waals surface area contributed by atoms with Gasteiger partial charge in [-0.2, -0.15) is 0 Å². The Labute approximate surface area is 128 Å². The molecular formula is C11H26IN3O2S. The molecule has 0 spiro atoms. The number of hydrogen-bond donors (Lipinski definition) is 2. The van der Waals surface area contributed by atoms with Gasteiger partial charge in [0, 0.05) is 26.4 Å². The molecule has 0 aromatic heterocycles. The van der Waals surface area contributed by atoms with Crippen LogP contribution in [0, 0.1) is 0 Å². The van der Waals surface area contributed by atoms with Crippen molar-refractivity contribution in [3.05, 3.63) is 0 Å². The van der Waals surface area contributed by atoms with Crippen LogP contribution in [-0.4, -0.2) is 45.5 Å². The molecule has 0 fully saturated rings. The highest BCUT2D eigenvalue weighted by Gasteiger charge is 2.30. The van der Waals surface area contributed by atoms with E-state index in [-0.39, 0.29) is 24.0 Å². The van der Waals surface area contributed by atoms with Gasteiger partial charge >= 0.3 is 0 Å². The summed E-state index contributed by atoms with van der Waals surface area (Å²) in [6.45, 7) is 6.71. The lowest BCUT2D eigenvalue weighted by Crippen LogP contribution is -2.47. The van der Waals surface area contributed by atoms with E-state index in [1.54, 1.807) is 20.9 Å². The largest absolute Gasteiger partial charge is 0.356 e. The van der Waals surface area contributed by atoms with Gasteiger partial charge in [-0.1, -0.05) is 13.3 Å². The van der Waals surface area contributed by atoms with E-state index in [9.17, 15) is 8.42 Å². The predicted molar refractivity (Wildman–Crippen MR) is 88.6 cm³/mol. The molecule has 0 aliphatic heterocycles. The van der Waals surface area contributed by atoms with Gasteiger partial charge in [-0.3, -0.25) is 4.99 Å². The molecule has 5 nitrogen and oxygen atoms in total. The highest BCUT2D eigenvalue weighted by molar-refractivity contribution is 14.0. The van der Waals surface area contributed by atoms with E-state index < -0.39 is 14.6 Å². The molecule has 0 heterocycles. The third kappa shape index (κ3) is 7.40. The second kappa shape index (κ2) is 8.95. The number of nitrogens with zero attached hydrogens (tertiary/aromatic N) is 1. The molecule has 0 aliphatic carbocycles. The van der Waals surface area contributed by atoms with Gasteiger partial charge in [0.05, 0.1) is 4.75 Å². The summed E-state index contributed by atoms with van der Waals surface area (Å²) in [7, 11) is -1.40. The van der Waals surface area contributed by atoms with Crippen molar-refractivity contribution in [3.8, 4) is 0 Å². The summed E-state index contributed by atoms with van der Waals surface area (Å²) in [6, 6.07) is 0. The van der Waals surface area contributed by atoms with E-state index in [1.165, 1.54) is 6.26 Å². The predicted octanol–water partition coefficient (Wildman–Crippen LogP) is 1.39. The molecule has 2 N–H and O–H groups in total. The fourth-order valence-corrected chi connectivity index (χ4v) is 1.37. The SMILES string of the molecule is CCCCNC(=NC)NCC(C)(C)S(C)(=O)=O.I. The Kier molecular flexibility index (Phi) is 10.1. The zero-order valence-electron chi connectivity index (χ0n) is 11.9. The second-order valence-electron chi connectivity index (χ2n) is 4.74. The van der Waals surface area contributed by atoms with Crippen molar-refractivity contribution in [3.63, 3.8) is 0 Å². The van der Waals surface area contributed by atoms with Gasteiger partial charge in [-0.05, 0) is 20.3 Å². The number of guanidine groups is 1. The Morgan fingerprint density at radius 1 is 1.28 bits per heavy atom. The Bertz CT molecular complexity index is 353. The van der Waals surface area contributed by atoms with Crippen LogP contribution >= 0.6 is 24.0 Å². The molecule has 0 aliphatic rings. The summed E-state index contributed by atoms with van der Waals surface area (Å²) in [5, 5.41) is 6.17. The molecule has 0 bridgehead atoms. The Morgan fingerprint density at radius 2 is 1.83 bits per heavy atom. The average Bonchev–Trinajstić information content (AvgIpc) is 2.21. The maximum absolute atomic E-state index is 11.5. The number of halogens is 1. The molecule has 0 aromatic rings. The standard InChI is InChI=1S/C11H25N3O2S.HI/c1-6-7-8-13-10(12-4)14-9-11(2,3)17(5,15)16;/h6-9H2,1-5H3,(H2,12,13,14);1H. The summed E-state index contributed by atoms with van der Waals surface area (Å²) in [6.07, 6.45) is 3.43. The van der Waals surface area contributed by atoms with Crippen LogP contribution in [0.25, 0.3) is 0 Å². The molecule has 0 amide bonds. The third-order valence-corrected chi connectivity index (χ3v) is 4.88. The summed E-state index contributed by atoms with van der Waals surface area (Å²) in [5.74, 6) is 0.648. The number of aliphatic imine (C=N–C) groups is 1. The van der Waals surface area contributed by atoms with Crippen LogP contribution in [0.3, 0.4) is 0 Å². The lowest BCUT2D eigenvalue weighted by atomic mass is 10.2. The van der Waals surface area contributed by atoms with Crippen LogP contribution in [0.2, 0.25) is 0 Å². The minimum atomic E-state index is -3.08. The van der Waals surface area contributed by atoms with Gasteiger partial charge in [0.25, 0.3) is 0 Å². The third-order valence-electron chi connectivity index (χ3n) is 2.73. The van der Waals surface area contributed by atoms with Gasteiger partial charge in [0.2, 0.25) is 0 Å². The number of hydrogen-bond acceptors (Lipinski definition) is 3. The lowest BCUT2D eigenvalue weighted by molar-refractivity contribution is 0.544. The fraction of sp³-hybridized carbons (Fsp3) is 0.909. The van der Waals surface area contributed by atoms with Crippen molar-refractivity contribution in [2.24, 2.45) is 4.99 Å².